The molecule has 0 N–H and O–H groups in total. The number of thioether (sulfide) groups is 1. The van der Waals surface area contributed by atoms with Crippen LogP contribution in [0.1, 0.15) is 24.5 Å². The van der Waals surface area contributed by atoms with Gasteiger partial charge in [-0.15, -0.1) is 0 Å². The molecule has 2 fully saturated rings. The van der Waals surface area contributed by atoms with Crippen LogP contribution in [0.25, 0.3) is 11.7 Å². The van der Waals surface area contributed by atoms with Gasteiger partial charge in [0.2, 0.25) is 0 Å². The van der Waals surface area contributed by atoms with E-state index in [0.29, 0.717) is 45.9 Å². The minimum absolute atomic E-state index is 0.155. The third kappa shape index (κ3) is 4.71. The molecule has 1 aromatic carbocycles. The molecule has 0 unspecified atom stereocenters. The lowest BCUT2D eigenvalue weighted by molar-refractivity contribution is -0.122. The molecule has 2 aromatic heterocycles. The van der Waals surface area contributed by atoms with Crippen molar-refractivity contribution in [3.8, 4) is 5.75 Å². The molecular weight excluding hydrogens is 506 g/mol. The zero-order chi connectivity index (χ0) is 26.1. The van der Waals surface area contributed by atoms with Gasteiger partial charge in [-0.3, -0.25) is 18.9 Å². The summed E-state index contributed by atoms with van der Waals surface area (Å²) in [4.78, 5) is 38.3. The molecule has 4 heterocycles. The largest absolute Gasteiger partial charge is 0.495 e. The van der Waals surface area contributed by atoms with Gasteiger partial charge in [0.15, 0.2) is 0 Å². The van der Waals surface area contributed by atoms with Crippen LogP contribution in [0.5, 0.6) is 5.75 Å². The van der Waals surface area contributed by atoms with E-state index < -0.39 is 0 Å². The predicted molar refractivity (Wildman–Crippen MR) is 154 cm³/mol. The summed E-state index contributed by atoms with van der Waals surface area (Å²) in [6, 6.07) is 11.8. The van der Waals surface area contributed by atoms with Gasteiger partial charge in [0.25, 0.3) is 11.5 Å². The van der Waals surface area contributed by atoms with E-state index in [2.05, 4.69) is 15.9 Å². The van der Waals surface area contributed by atoms with Crippen molar-refractivity contribution in [1.29, 1.82) is 0 Å². The van der Waals surface area contributed by atoms with E-state index in [-0.39, 0.29) is 11.5 Å². The number of aromatic nitrogens is 2. The van der Waals surface area contributed by atoms with Gasteiger partial charge in [0.1, 0.15) is 21.5 Å². The summed E-state index contributed by atoms with van der Waals surface area (Å²) in [7, 11) is 1.68. The fraction of sp³-hybridized carbons (Fsp3) is 0.333. The summed E-state index contributed by atoms with van der Waals surface area (Å²) in [5.41, 5.74) is 2.79. The van der Waals surface area contributed by atoms with Gasteiger partial charge in [0.05, 0.1) is 23.3 Å². The van der Waals surface area contributed by atoms with Crippen LogP contribution in [-0.2, 0) is 4.79 Å². The molecule has 0 atom stereocenters. The average molecular weight is 536 g/mol. The summed E-state index contributed by atoms with van der Waals surface area (Å²) in [6.45, 7) is 7.34. The average Bonchev–Trinajstić information content (AvgIpc) is 3.18. The highest BCUT2D eigenvalue weighted by Gasteiger charge is 2.32. The number of methoxy groups -OCH3 is 1. The van der Waals surface area contributed by atoms with E-state index in [0.717, 1.165) is 36.5 Å². The number of ether oxygens (including phenoxy) is 1. The van der Waals surface area contributed by atoms with Crippen molar-refractivity contribution in [3.63, 3.8) is 0 Å². The van der Waals surface area contributed by atoms with Gasteiger partial charge in [-0.05, 0) is 43.2 Å². The highest BCUT2D eigenvalue weighted by Crippen LogP contribution is 2.34. The molecule has 2 aliphatic rings. The summed E-state index contributed by atoms with van der Waals surface area (Å²) < 4.78 is 7.64. The molecule has 0 bridgehead atoms. The Morgan fingerprint density at radius 3 is 2.54 bits per heavy atom. The molecule has 5 rings (SSSR count). The number of aryl methyl sites for hydroxylation is 1. The Balaban J connectivity index is 1.54. The lowest BCUT2D eigenvalue weighted by Crippen LogP contribution is -2.47. The number of piperazine rings is 1. The number of rotatable bonds is 6. The first kappa shape index (κ1) is 25.3. The second kappa shape index (κ2) is 10.5. The van der Waals surface area contributed by atoms with Gasteiger partial charge in [-0.25, -0.2) is 4.98 Å². The van der Waals surface area contributed by atoms with E-state index in [1.807, 2.05) is 44.2 Å². The lowest BCUT2D eigenvalue weighted by Gasteiger charge is -2.37. The third-order valence-electron chi connectivity index (χ3n) is 6.67. The maximum absolute atomic E-state index is 13.8. The molecule has 8 nitrogen and oxygen atoms in total. The van der Waals surface area contributed by atoms with E-state index in [4.69, 9.17) is 21.9 Å². The van der Waals surface area contributed by atoms with Crippen LogP contribution < -0.4 is 20.1 Å². The number of carbonyl (C=O) groups is 1. The SMILES string of the molecule is CCCN1C(=O)C(=Cc2c(N3CCN(c4ccccc4OC)CC3)nc3c(C)cccn3c2=O)SC1=S. The minimum atomic E-state index is -0.198. The lowest BCUT2D eigenvalue weighted by atomic mass is 10.2. The highest BCUT2D eigenvalue weighted by molar-refractivity contribution is 8.26. The van der Waals surface area contributed by atoms with Crippen molar-refractivity contribution in [2.24, 2.45) is 0 Å². The number of nitrogens with zero attached hydrogens (tertiary/aromatic N) is 5. The number of pyridine rings is 1. The molecule has 0 aliphatic carbocycles. The van der Waals surface area contributed by atoms with Gasteiger partial charge in [-0.1, -0.05) is 49.1 Å². The van der Waals surface area contributed by atoms with Gasteiger partial charge in [-0.2, -0.15) is 0 Å². The summed E-state index contributed by atoms with van der Waals surface area (Å²) in [5, 5.41) is 0. The van der Waals surface area contributed by atoms with Crippen LogP contribution in [0, 0.1) is 6.92 Å². The Bertz CT molecular complexity index is 1460. The Hall–Kier alpha value is -3.37. The van der Waals surface area contributed by atoms with E-state index >= 15 is 0 Å². The summed E-state index contributed by atoms with van der Waals surface area (Å²) >= 11 is 6.69. The van der Waals surface area contributed by atoms with Crippen LogP contribution in [-0.4, -0.2) is 64.3 Å². The number of carbonyl (C=O) groups excluding carboxylic acids is 1. The molecule has 2 aliphatic heterocycles. The molecule has 0 radical (unpaired) electrons. The van der Waals surface area contributed by atoms with Gasteiger partial charge < -0.3 is 14.5 Å². The number of thiocarbonyl (C=S) groups is 1. The number of anilines is 2. The van der Waals surface area contributed by atoms with Crippen molar-refractivity contribution in [2.45, 2.75) is 20.3 Å². The second-order valence-electron chi connectivity index (χ2n) is 9.02. The van der Waals surface area contributed by atoms with Crippen molar-refractivity contribution >= 4 is 57.4 Å². The van der Waals surface area contributed by atoms with E-state index in [9.17, 15) is 9.59 Å². The molecule has 0 spiro atoms. The number of hydrogen-bond acceptors (Lipinski definition) is 8. The van der Waals surface area contributed by atoms with Crippen molar-refractivity contribution < 1.29 is 9.53 Å². The Kier molecular flexibility index (Phi) is 7.21. The van der Waals surface area contributed by atoms with Crippen LogP contribution in [0.3, 0.4) is 0 Å². The van der Waals surface area contributed by atoms with E-state index in [1.54, 1.807) is 28.7 Å². The third-order valence-corrected chi connectivity index (χ3v) is 8.04. The highest BCUT2D eigenvalue weighted by atomic mass is 32.2. The Labute approximate surface area is 225 Å². The van der Waals surface area contributed by atoms with Crippen molar-refractivity contribution in [2.75, 3.05) is 49.6 Å². The summed E-state index contributed by atoms with van der Waals surface area (Å²) in [5.74, 6) is 1.28. The predicted octanol–water partition coefficient (Wildman–Crippen LogP) is 3.95. The number of benzene rings is 1. The monoisotopic (exact) mass is 535 g/mol. The molecule has 0 saturated carbocycles. The van der Waals surface area contributed by atoms with Crippen LogP contribution in [0.2, 0.25) is 0 Å². The molecule has 10 heteroatoms. The Morgan fingerprint density at radius 2 is 1.81 bits per heavy atom. The van der Waals surface area contributed by atoms with Crippen LogP contribution >= 0.6 is 24.0 Å². The molecule has 1 amide bonds. The maximum atomic E-state index is 13.8. The molecule has 192 valence electrons. The van der Waals surface area contributed by atoms with E-state index in [1.165, 1.54) is 11.8 Å². The van der Waals surface area contributed by atoms with Crippen molar-refractivity contribution in [1.82, 2.24) is 14.3 Å². The second-order valence-corrected chi connectivity index (χ2v) is 10.7. The Morgan fingerprint density at radius 1 is 1.08 bits per heavy atom. The summed E-state index contributed by atoms with van der Waals surface area (Å²) in [6.07, 6.45) is 4.21. The normalized spacial score (nSPS) is 17.4. The smallest absolute Gasteiger partial charge is 0.267 e. The number of hydrogen-bond donors (Lipinski definition) is 0. The van der Waals surface area contributed by atoms with Crippen LogP contribution in [0.15, 0.2) is 52.3 Å². The number of fused-ring (bicyclic) bond motifs is 1. The molecule has 3 aromatic rings. The first-order chi connectivity index (χ1) is 17.9. The fourth-order valence-electron chi connectivity index (χ4n) is 4.77. The molecular formula is C27H29N5O3S2. The topological polar surface area (TPSA) is 70.4 Å². The minimum Gasteiger partial charge on any atom is -0.495 e. The quantitative estimate of drug-likeness (QED) is 0.347. The fourth-order valence-corrected chi connectivity index (χ4v) is 6.06. The molecule has 37 heavy (non-hydrogen) atoms. The molecule has 2 saturated heterocycles. The first-order valence-corrected chi connectivity index (χ1v) is 13.6. The zero-order valence-corrected chi connectivity index (χ0v) is 22.8. The first-order valence-electron chi connectivity index (χ1n) is 12.3. The number of para-hydroxylation sites is 2. The van der Waals surface area contributed by atoms with Gasteiger partial charge >= 0.3 is 0 Å². The maximum Gasteiger partial charge on any atom is 0.267 e. The standard InChI is InChI=1S/C27H29N5O3S2/c1-4-11-32-26(34)22(37-27(32)36)17-19-24(28-23-18(2)8-7-12-31(23)25(19)33)30-15-13-29(14-16-30)20-9-5-6-10-21(20)35-3/h5-10,12,17H,4,11,13-16H2,1-3H3. The number of amides is 1. The van der Waals surface area contributed by atoms with Crippen LogP contribution in [0.4, 0.5) is 11.5 Å². The van der Waals surface area contributed by atoms with Gasteiger partial charge in [0, 0.05) is 38.9 Å². The van der Waals surface area contributed by atoms with Crippen molar-refractivity contribution in [3.05, 3.63) is 69.0 Å². The zero-order valence-electron chi connectivity index (χ0n) is 21.1.